The van der Waals surface area contributed by atoms with Gasteiger partial charge in [-0.05, 0) is 35.2 Å². The van der Waals surface area contributed by atoms with Gasteiger partial charge in [0.1, 0.15) is 11.9 Å². The van der Waals surface area contributed by atoms with Crippen LogP contribution in [0.1, 0.15) is 0 Å². The molecule has 4 nitrogen and oxygen atoms in total. The predicted octanol–water partition coefficient (Wildman–Crippen LogP) is 3.96. The fraction of sp³-hybridized carbons (Fsp3) is 0.0500. The number of nitrogens with two attached hydrogens (primary N) is 1. The molecule has 0 radical (unpaired) electrons. The molecule has 3 N–H and O–H groups in total. The van der Waals surface area contributed by atoms with E-state index in [1.165, 1.54) is 0 Å². The highest BCUT2D eigenvalue weighted by Gasteiger charge is 2.15. The van der Waals surface area contributed by atoms with Crippen molar-refractivity contribution in [2.45, 2.75) is 6.17 Å². The quantitative estimate of drug-likeness (QED) is 0.751. The first-order valence-electron chi connectivity index (χ1n) is 7.78. The summed E-state index contributed by atoms with van der Waals surface area (Å²) in [7, 11) is 0. The Balaban J connectivity index is 1.82. The molecular formula is C20H17N3O. The molecule has 0 amide bonds. The Morgan fingerprint density at radius 3 is 2.83 bits per heavy atom. The van der Waals surface area contributed by atoms with E-state index in [1.54, 1.807) is 18.4 Å². The molecule has 0 aliphatic carbocycles. The average Bonchev–Trinajstić information content (AvgIpc) is 2.63. The van der Waals surface area contributed by atoms with Gasteiger partial charge in [0.25, 0.3) is 0 Å². The van der Waals surface area contributed by atoms with E-state index >= 15 is 0 Å². The standard InChI is InChI=1S/C20H17N3O/c21-20-9-8-17(24)13-23(20)16-6-3-5-14(10-16)19-12-22-11-15-4-1-2-7-18(15)19/h1-13,20,24H,21H2. The van der Waals surface area contributed by atoms with Gasteiger partial charge in [-0.25, -0.2) is 0 Å². The number of aromatic nitrogens is 1. The van der Waals surface area contributed by atoms with Crippen molar-refractivity contribution in [2.75, 3.05) is 4.90 Å². The Labute approximate surface area is 140 Å². The van der Waals surface area contributed by atoms with E-state index in [9.17, 15) is 5.11 Å². The lowest BCUT2D eigenvalue weighted by atomic mass is 10.0. The monoisotopic (exact) mass is 315 g/mol. The van der Waals surface area contributed by atoms with Gasteiger partial charge in [0.2, 0.25) is 0 Å². The summed E-state index contributed by atoms with van der Waals surface area (Å²) in [5.41, 5.74) is 9.18. The molecule has 118 valence electrons. The average molecular weight is 315 g/mol. The third-order valence-electron chi connectivity index (χ3n) is 4.18. The second kappa shape index (κ2) is 5.83. The van der Waals surface area contributed by atoms with Crippen LogP contribution in [-0.4, -0.2) is 16.3 Å². The molecule has 1 unspecified atom stereocenters. The van der Waals surface area contributed by atoms with Crippen LogP contribution in [0.3, 0.4) is 0 Å². The van der Waals surface area contributed by atoms with Crippen molar-refractivity contribution in [1.82, 2.24) is 4.98 Å². The Morgan fingerprint density at radius 2 is 1.92 bits per heavy atom. The fourth-order valence-electron chi connectivity index (χ4n) is 2.99. The molecule has 24 heavy (non-hydrogen) atoms. The van der Waals surface area contributed by atoms with Crippen LogP contribution in [0.25, 0.3) is 21.9 Å². The van der Waals surface area contributed by atoms with Crippen LogP contribution in [0.2, 0.25) is 0 Å². The van der Waals surface area contributed by atoms with Crippen LogP contribution in [0, 0.1) is 0 Å². The summed E-state index contributed by atoms with van der Waals surface area (Å²) in [5.74, 6) is 0.189. The van der Waals surface area contributed by atoms with Gasteiger partial charge < -0.3 is 15.7 Å². The first-order valence-corrected chi connectivity index (χ1v) is 7.78. The van der Waals surface area contributed by atoms with Gasteiger partial charge >= 0.3 is 0 Å². The molecule has 1 atom stereocenters. The van der Waals surface area contributed by atoms with Gasteiger partial charge in [-0.3, -0.25) is 4.98 Å². The number of anilines is 1. The normalized spacial score (nSPS) is 17.1. The SMILES string of the molecule is NC1C=CC(O)=CN1c1cccc(-c2cncc3ccccc23)c1. The summed E-state index contributed by atoms with van der Waals surface area (Å²) in [4.78, 5) is 6.20. The van der Waals surface area contributed by atoms with Gasteiger partial charge in [0, 0.05) is 35.2 Å². The fourth-order valence-corrected chi connectivity index (χ4v) is 2.99. The molecule has 4 heteroatoms. The van der Waals surface area contributed by atoms with Crippen molar-refractivity contribution in [3.8, 4) is 11.1 Å². The lowest BCUT2D eigenvalue weighted by Crippen LogP contribution is -2.38. The number of aliphatic hydroxyl groups is 1. The Kier molecular flexibility index (Phi) is 3.52. The summed E-state index contributed by atoms with van der Waals surface area (Å²) in [6, 6.07) is 16.3. The number of fused-ring (bicyclic) bond motifs is 1. The van der Waals surface area contributed by atoms with Crippen molar-refractivity contribution in [3.63, 3.8) is 0 Å². The van der Waals surface area contributed by atoms with E-state index in [0.29, 0.717) is 0 Å². The predicted molar refractivity (Wildman–Crippen MR) is 97.5 cm³/mol. The third kappa shape index (κ3) is 2.53. The lowest BCUT2D eigenvalue weighted by Gasteiger charge is -2.28. The summed E-state index contributed by atoms with van der Waals surface area (Å²) < 4.78 is 0. The second-order valence-electron chi connectivity index (χ2n) is 5.77. The highest BCUT2D eigenvalue weighted by molar-refractivity contribution is 5.96. The highest BCUT2D eigenvalue weighted by Crippen LogP contribution is 2.31. The van der Waals surface area contributed by atoms with E-state index in [2.05, 4.69) is 29.2 Å². The van der Waals surface area contributed by atoms with Crippen molar-refractivity contribution in [3.05, 3.63) is 85.0 Å². The minimum absolute atomic E-state index is 0.189. The van der Waals surface area contributed by atoms with Crippen LogP contribution >= 0.6 is 0 Å². The van der Waals surface area contributed by atoms with Crippen LogP contribution < -0.4 is 10.6 Å². The molecule has 1 aromatic heterocycles. The molecule has 0 fully saturated rings. The Hall–Kier alpha value is -3.11. The van der Waals surface area contributed by atoms with Crippen molar-refractivity contribution in [1.29, 1.82) is 0 Å². The molecule has 2 heterocycles. The molecule has 0 bridgehead atoms. The number of allylic oxidation sites excluding steroid dienone is 1. The zero-order chi connectivity index (χ0) is 16.5. The molecule has 1 aliphatic heterocycles. The lowest BCUT2D eigenvalue weighted by molar-refractivity contribution is 0.425. The maximum atomic E-state index is 9.75. The summed E-state index contributed by atoms with van der Waals surface area (Å²) in [6.45, 7) is 0. The molecule has 2 aromatic carbocycles. The van der Waals surface area contributed by atoms with E-state index < -0.39 is 0 Å². The smallest absolute Gasteiger partial charge is 0.131 e. The molecule has 1 aliphatic rings. The summed E-state index contributed by atoms with van der Waals surface area (Å²) in [6.07, 6.45) is 8.47. The topological polar surface area (TPSA) is 62.4 Å². The number of pyridine rings is 1. The number of hydrogen-bond acceptors (Lipinski definition) is 4. The van der Waals surface area contributed by atoms with Gasteiger partial charge in [-0.1, -0.05) is 36.4 Å². The van der Waals surface area contributed by atoms with E-state index in [-0.39, 0.29) is 11.9 Å². The zero-order valence-corrected chi connectivity index (χ0v) is 13.0. The van der Waals surface area contributed by atoms with Crippen LogP contribution in [0.4, 0.5) is 5.69 Å². The molecule has 0 spiro atoms. The minimum atomic E-state index is -0.304. The Bertz CT molecular complexity index is 957. The maximum absolute atomic E-state index is 9.75. The maximum Gasteiger partial charge on any atom is 0.131 e. The van der Waals surface area contributed by atoms with Gasteiger partial charge in [-0.15, -0.1) is 0 Å². The van der Waals surface area contributed by atoms with Gasteiger partial charge in [0.05, 0.1) is 0 Å². The first kappa shape index (κ1) is 14.5. The second-order valence-corrected chi connectivity index (χ2v) is 5.77. The van der Waals surface area contributed by atoms with Crippen LogP contribution in [-0.2, 0) is 0 Å². The van der Waals surface area contributed by atoms with Crippen LogP contribution in [0.15, 0.2) is 85.0 Å². The number of rotatable bonds is 2. The molecular weight excluding hydrogens is 298 g/mol. The third-order valence-corrected chi connectivity index (χ3v) is 4.18. The summed E-state index contributed by atoms with van der Waals surface area (Å²) >= 11 is 0. The van der Waals surface area contributed by atoms with Crippen LogP contribution in [0.5, 0.6) is 0 Å². The molecule has 4 rings (SSSR count). The number of hydrogen-bond donors (Lipinski definition) is 2. The number of aliphatic hydroxyl groups excluding tert-OH is 1. The number of benzene rings is 2. The van der Waals surface area contributed by atoms with Crippen molar-refractivity contribution >= 4 is 16.5 Å². The molecule has 0 saturated heterocycles. The van der Waals surface area contributed by atoms with Gasteiger partial charge in [0.15, 0.2) is 0 Å². The molecule has 0 saturated carbocycles. The Morgan fingerprint density at radius 1 is 1.04 bits per heavy atom. The number of nitrogens with zero attached hydrogens (tertiary/aromatic N) is 2. The van der Waals surface area contributed by atoms with E-state index in [4.69, 9.17) is 5.73 Å². The zero-order valence-electron chi connectivity index (χ0n) is 13.0. The van der Waals surface area contributed by atoms with Crippen molar-refractivity contribution in [2.24, 2.45) is 5.73 Å². The summed E-state index contributed by atoms with van der Waals surface area (Å²) in [5, 5.41) is 12.0. The van der Waals surface area contributed by atoms with E-state index in [1.807, 2.05) is 41.6 Å². The molecule has 3 aromatic rings. The van der Waals surface area contributed by atoms with Crippen molar-refractivity contribution < 1.29 is 5.11 Å². The minimum Gasteiger partial charge on any atom is -0.506 e. The van der Waals surface area contributed by atoms with E-state index in [0.717, 1.165) is 27.6 Å². The largest absolute Gasteiger partial charge is 0.506 e. The van der Waals surface area contributed by atoms with Gasteiger partial charge in [-0.2, -0.15) is 0 Å². The first-order chi connectivity index (χ1) is 11.7. The highest BCUT2D eigenvalue weighted by atomic mass is 16.3.